The van der Waals surface area contributed by atoms with Gasteiger partial charge >= 0.3 is 5.97 Å². The number of aromatic nitrogens is 1. The predicted octanol–water partition coefficient (Wildman–Crippen LogP) is 4.19. The highest BCUT2D eigenvalue weighted by molar-refractivity contribution is 7.06. The number of hydrogen-bond acceptors (Lipinski definition) is 4. The highest BCUT2D eigenvalue weighted by Gasteiger charge is 2.27. The molecule has 1 aliphatic rings. The van der Waals surface area contributed by atoms with E-state index in [4.69, 9.17) is 16.3 Å². The van der Waals surface area contributed by atoms with Crippen molar-refractivity contribution in [2.45, 2.75) is 39.0 Å². The monoisotopic (exact) mass is 285 g/mol. The number of allylic oxidation sites excluding steroid dienone is 2. The molecule has 1 aliphatic carbocycles. The van der Waals surface area contributed by atoms with Gasteiger partial charge in [0.05, 0.1) is 6.61 Å². The minimum Gasteiger partial charge on any atom is -0.462 e. The third-order valence-electron chi connectivity index (χ3n) is 3.17. The van der Waals surface area contributed by atoms with Crippen molar-refractivity contribution in [2.24, 2.45) is 0 Å². The van der Waals surface area contributed by atoms with Gasteiger partial charge in [-0.1, -0.05) is 23.3 Å². The van der Waals surface area contributed by atoms with Crippen molar-refractivity contribution in [3.8, 4) is 0 Å². The van der Waals surface area contributed by atoms with Gasteiger partial charge in [0.25, 0.3) is 0 Å². The first-order valence-electron chi connectivity index (χ1n) is 6.11. The number of nitrogens with zero attached hydrogens (tertiary/aromatic N) is 1. The normalized spacial score (nSPS) is 19.5. The maximum atomic E-state index is 11.9. The summed E-state index contributed by atoms with van der Waals surface area (Å²) >= 11 is 7.33. The molecule has 2 rings (SSSR count). The summed E-state index contributed by atoms with van der Waals surface area (Å²) in [5, 5.41) is 0.278. The first-order chi connectivity index (χ1) is 8.63. The molecule has 1 unspecified atom stereocenters. The molecule has 0 fully saturated rings. The molecule has 0 N–H and O–H groups in total. The van der Waals surface area contributed by atoms with E-state index >= 15 is 0 Å². The zero-order valence-electron chi connectivity index (χ0n) is 10.5. The van der Waals surface area contributed by atoms with Crippen molar-refractivity contribution in [3.05, 3.63) is 27.2 Å². The van der Waals surface area contributed by atoms with Crippen LogP contribution in [0.25, 0.3) is 0 Å². The lowest BCUT2D eigenvalue weighted by Gasteiger charge is -2.19. The second kappa shape index (κ2) is 5.85. The van der Waals surface area contributed by atoms with Crippen molar-refractivity contribution >= 4 is 29.1 Å². The van der Waals surface area contributed by atoms with Crippen LogP contribution in [0.15, 0.2) is 11.6 Å². The molecule has 1 aromatic rings. The molecule has 0 radical (unpaired) electrons. The fourth-order valence-corrected chi connectivity index (χ4v) is 3.40. The number of ether oxygens (including phenoxy) is 1. The molecule has 0 aliphatic heterocycles. The molecule has 1 aromatic heterocycles. The van der Waals surface area contributed by atoms with Gasteiger partial charge in [-0.05, 0) is 50.6 Å². The first kappa shape index (κ1) is 13.6. The number of carbonyl (C=O) groups excluding carboxylic acids is 1. The van der Waals surface area contributed by atoms with E-state index in [1.807, 2.05) is 0 Å². The van der Waals surface area contributed by atoms with Crippen molar-refractivity contribution < 1.29 is 9.53 Å². The summed E-state index contributed by atoms with van der Waals surface area (Å²) in [6.07, 6.45) is 5.31. The Balaban J connectivity index is 2.26. The SMILES string of the molecule is CCOC(=O)c1c(Cl)nsc1C1CC=C(C)CC1. The Bertz CT molecular complexity index is 481. The van der Waals surface area contributed by atoms with Gasteiger partial charge < -0.3 is 4.74 Å². The molecule has 0 amide bonds. The molecule has 0 saturated heterocycles. The van der Waals surface area contributed by atoms with Crippen molar-refractivity contribution in [1.82, 2.24) is 4.37 Å². The van der Waals surface area contributed by atoms with Crippen LogP contribution >= 0.6 is 23.1 Å². The first-order valence-corrected chi connectivity index (χ1v) is 7.26. The van der Waals surface area contributed by atoms with Crippen LogP contribution in [0.1, 0.15) is 54.3 Å². The Hall–Kier alpha value is -0.870. The maximum Gasteiger partial charge on any atom is 0.342 e. The molecule has 0 aromatic carbocycles. The predicted molar refractivity (Wildman–Crippen MR) is 73.4 cm³/mol. The standard InChI is InChI=1S/C13H16ClNO2S/c1-3-17-13(16)10-11(18-15-12(10)14)9-6-4-8(2)5-7-9/h4,9H,3,5-7H2,1-2H3. The van der Waals surface area contributed by atoms with Crippen molar-refractivity contribution in [2.75, 3.05) is 6.61 Å². The summed E-state index contributed by atoms with van der Waals surface area (Å²) in [5.41, 5.74) is 1.89. The summed E-state index contributed by atoms with van der Waals surface area (Å²) in [4.78, 5) is 12.9. The second-order valence-corrected chi connectivity index (χ2v) is 5.62. The smallest absolute Gasteiger partial charge is 0.342 e. The molecule has 5 heteroatoms. The average Bonchev–Trinajstić information content (AvgIpc) is 2.72. The number of rotatable bonds is 3. The van der Waals surface area contributed by atoms with E-state index in [9.17, 15) is 4.79 Å². The topological polar surface area (TPSA) is 39.2 Å². The molecule has 98 valence electrons. The van der Waals surface area contributed by atoms with Gasteiger partial charge in [0.15, 0.2) is 5.15 Å². The van der Waals surface area contributed by atoms with Crippen LogP contribution in [0.4, 0.5) is 0 Å². The lowest BCUT2D eigenvalue weighted by molar-refractivity contribution is 0.0525. The Morgan fingerprint density at radius 1 is 1.67 bits per heavy atom. The lowest BCUT2D eigenvalue weighted by Crippen LogP contribution is -2.10. The second-order valence-electron chi connectivity index (χ2n) is 4.45. The summed E-state index contributed by atoms with van der Waals surface area (Å²) in [5.74, 6) is -0.00405. The van der Waals surface area contributed by atoms with E-state index in [-0.39, 0.29) is 11.1 Å². The Morgan fingerprint density at radius 2 is 2.44 bits per heavy atom. The van der Waals surface area contributed by atoms with Gasteiger partial charge in [0.1, 0.15) is 5.56 Å². The van der Waals surface area contributed by atoms with Gasteiger partial charge in [-0.25, -0.2) is 4.79 Å². The number of carbonyl (C=O) groups is 1. The fraction of sp³-hybridized carbons (Fsp3) is 0.538. The molecule has 0 bridgehead atoms. The van der Waals surface area contributed by atoms with E-state index in [1.54, 1.807) is 6.92 Å². The summed E-state index contributed by atoms with van der Waals surface area (Å²) in [6, 6.07) is 0. The van der Waals surface area contributed by atoms with Crippen LogP contribution in [0.2, 0.25) is 5.15 Å². The molecule has 1 atom stereocenters. The van der Waals surface area contributed by atoms with Crippen LogP contribution in [0, 0.1) is 0 Å². The van der Waals surface area contributed by atoms with Crippen molar-refractivity contribution in [1.29, 1.82) is 0 Å². The van der Waals surface area contributed by atoms with E-state index < -0.39 is 0 Å². The largest absolute Gasteiger partial charge is 0.462 e. The maximum absolute atomic E-state index is 11.9. The Kier molecular flexibility index (Phi) is 4.40. The zero-order valence-corrected chi connectivity index (χ0v) is 12.1. The van der Waals surface area contributed by atoms with Gasteiger partial charge in [0, 0.05) is 4.88 Å². The molecule has 0 saturated carbocycles. The number of esters is 1. The van der Waals surface area contributed by atoms with E-state index in [0.717, 1.165) is 24.1 Å². The van der Waals surface area contributed by atoms with Gasteiger partial charge in [-0.2, -0.15) is 4.37 Å². The summed E-state index contributed by atoms with van der Waals surface area (Å²) in [7, 11) is 0. The van der Waals surface area contributed by atoms with Crippen LogP contribution in [-0.2, 0) is 4.74 Å². The van der Waals surface area contributed by atoms with Crippen LogP contribution in [-0.4, -0.2) is 16.9 Å². The highest BCUT2D eigenvalue weighted by atomic mass is 35.5. The fourth-order valence-electron chi connectivity index (χ4n) is 2.15. The Morgan fingerprint density at radius 3 is 3.06 bits per heavy atom. The molecule has 1 heterocycles. The minimum atomic E-state index is -0.350. The molecular formula is C13H16ClNO2S. The van der Waals surface area contributed by atoms with Gasteiger partial charge in [0.2, 0.25) is 0 Å². The van der Waals surface area contributed by atoms with Crippen molar-refractivity contribution in [3.63, 3.8) is 0 Å². The molecular weight excluding hydrogens is 270 g/mol. The third kappa shape index (κ3) is 2.75. The third-order valence-corrected chi connectivity index (χ3v) is 4.55. The Labute approximate surface area is 116 Å². The number of halogens is 1. The highest BCUT2D eigenvalue weighted by Crippen LogP contribution is 2.38. The van der Waals surface area contributed by atoms with E-state index in [1.165, 1.54) is 17.1 Å². The lowest BCUT2D eigenvalue weighted by atomic mass is 9.88. The molecule has 0 spiro atoms. The summed E-state index contributed by atoms with van der Waals surface area (Å²) in [6.45, 7) is 4.29. The van der Waals surface area contributed by atoms with Gasteiger partial charge in [-0.15, -0.1) is 0 Å². The summed E-state index contributed by atoms with van der Waals surface area (Å²) < 4.78 is 9.15. The zero-order chi connectivity index (χ0) is 13.1. The quantitative estimate of drug-likeness (QED) is 0.617. The van der Waals surface area contributed by atoms with Crippen LogP contribution in [0.5, 0.6) is 0 Å². The van der Waals surface area contributed by atoms with E-state index in [2.05, 4.69) is 17.4 Å². The van der Waals surface area contributed by atoms with Gasteiger partial charge in [-0.3, -0.25) is 0 Å². The van der Waals surface area contributed by atoms with Crippen LogP contribution in [0.3, 0.4) is 0 Å². The average molecular weight is 286 g/mol. The minimum absolute atomic E-state index is 0.278. The van der Waals surface area contributed by atoms with E-state index in [0.29, 0.717) is 18.1 Å². The molecule has 18 heavy (non-hydrogen) atoms. The number of hydrogen-bond donors (Lipinski definition) is 0. The molecule has 3 nitrogen and oxygen atoms in total. The van der Waals surface area contributed by atoms with Crippen LogP contribution < -0.4 is 0 Å².